The van der Waals surface area contributed by atoms with E-state index in [1.807, 2.05) is 11.3 Å². The first-order chi connectivity index (χ1) is 9.33. The van der Waals surface area contributed by atoms with Crippen LogP contribution in [0.25, 0.3) is 0 Å². The molecule has 1 unspecified atom stereocenters. The highest BCUT2D eigenvalue weighted by Crippen LogP contribution is 2.10. The van der Waals surface area contributed by atoms with Crippen LogP contribution in [0.2, 0.25) is 0 Å². The molecule has 1 heterocycles. The van der Waals surface area contributed by atoms with E-state index >= 15 is 0 Å². The summed E-state index contributed by atoms with van der Waals surface area (Å²) in [4.78, 5) is 1.42. The Labute approximate surface area is 120 Å². The van der Waals surface area contributed by atoms with Gasteiger partial charge in [0.2, 0.25) is 0 Å². The summed E-state index contributed by atoms with van der Waals surface area (Å²) in [6.45, 7) is 6.36. The third-order valence-corrected chi connectivity index (χ3v) is 3.53. The van der Waals surface area contributed by atoms with Crippen LogP contribution in [-0.2, 0) is 20.6 Å². The van der Waals surface area contributed by atoms with E-state index in [2.05, 4.69) is 29.8 Å². The molecule has 5 heteroatoms. The van der Waals surface area contributed by atoms with Crippen LogP contribution in [0.3, 0.4) is 0 Å². The zero-order valence-corrected chi connectivity index (χ0v) is 12.7. The molecule has 1 aromatic heterocycles. The Morgan fingerprint density at radius 3 is 2.58 bits per heavy atom. The zero-order valence-electron chi connectivity index (χ0n) is 11.9. The first-order valence-electron chi connectivity index (χ1n) is 6.73. The van der Waals surface area contributed by atoms with Gasteiger partial charge in [-0.2, -0.15) is 0 Å². The molecule has 1 rings (SSSR count). The van der Waals surface area contributed by atoms with E-state index in [1.54, 1.807) is 7.11 Å². The van der Waals surface area contributed by atoms with Gasteiger partial charge in [-0.1, -0.05) is 6.07 Å². The third kappa shape index (κ3) is 9.13. The molecule has 0 aliphatic heterocycles. The van der Waals surface area contributed by atoms with Gasteiger partial charge in [-0.3, -0.25) is 0 Å². The lowest BCUT2D eigenvalue weighted by molar-refractivity contribution is 0.0253. The van der Waals surface area contributed by atoms with Crippen molar-refractivity contribution in [3.8, 4) is 0 Å². The van der Waals surface area contributed by atoms with Gasteiger partial charge >= 0.3 is 0 Å². The molecule has 0 fully saturated rings. The molecule has 4 nitrogen and oxygen atoms in total. The van der Waals surface area contributed by atoms with Crippen LogP contribution in [0.5, 0.6) is 0 Å². The van der Waals surface area contributed by atoms with Crippen molar-refractivity contribution < 1.29 is 14.2 Å². The van der Waals surface area contributed by atoms with Gasteiger partial charge in [-0.15, -0.1) is 11.3 Å². The Kier molecular flexibility index (Phi) is 9.93. The van der Waals surface area contributed by atoms with Crippen LogP contribution in [0.15, 0.2) is 17.5 Å². The van der Waals surface area contributed by atoms with Crippen LogP contribution >= 0.6 is 11.3 Å². The summed E-state index contributed by atoms with van der Waals surface area (Å²) in [6, 6.07) is 4.76. The van der Waals surface area contributed by atoms with Gasteiger partial charge < -0.3 is 19.5 Å². The maximum absolute atomic E-state index is 5.47. The van der Waals surface area contributed by atoms with E-state index in [-0.39, 0.29) is 0 Å². The summed E-state index contributed by atoms with van der Waals surface area (Å²) in [7, 11) is 1.67. The quantitative estimate of drug-likeness (QED) is 0.597. The van der Waals surface area contributed by atoms with Crippen molar-refractivity contribution in [3.63, 3.8) is 0 Å². The minimum Gasteiger partial charge on any atom is -0.382 e. The lowest BCUT2D eigenvalue weighted by Crippen LogP contribution is -2.31. The third-order valence-electron chi connectivity index (χ3n) is 2.63. The lowest BCUT2D eigenvalue weighted by atomic mass is 10.2. The van der Waals surface area contributed by atoms with Gasteiger partial charge in [0, 0.05) is 24.6 Å². The lowest BCUT2D eigenvalue weighted by Gasteiger charge is -2.13. The Balaban J connectivity index is 1.85. The second kappa shape index (κ2) is 11.4. The summed E-state index contributed by atoms with van der Waals surface area (Å²) >= 11 is 1.81. The number of thiophene rings is 1. The van der Waals surface area contributed by atoms with Crippen molar-refractivity contribution in [2.24, 2.45) is 0 Å². The van der Waals surface area contributed by atoms with Crippen LogP contribution in [-0.4, -0.2) is 52.7 Å². The first kappa shape index (κ1) is 16.6. The van der Waals surface area contributed by atoms with Crippen molar-refractivity contribution in [3.05, 3.63) is 22.4 Å². The largest absolute Gasteiger partial charge is 0.382 e. The average Bonchev–Trinajstić information content (AvgIpc) is 2.89. The average molecular weight is 287 g/mol. The molecule has 0 radical (unpaired) electrons. The molecule has 0 saturated carbocycles. The predicted molar refractivity (Wildman–Crippen MR) is 79.0 cm³/mol. The summed E-state index contributed by atoms with van der Waals surface area (Å²) in [5, 5.41) is 5.57. The second-order valence-corrected chi connectivity index (χ2v) is 5.39. The molecular formula is C14H25NO3S. The highest BCUT2D eigenvalue weighted by atomic mass is 32.1. The van der Waals surface area contributed by atoms with Gasteiger partial charge in [0.15, 0.2) is 0 Å². The van der Waals surface area contributed by atoms with Gasteiger partial charge in [0.1, 0.15) is 0 Å². The fraction of sp³-hybridized carbons (Fsp3) is 0.714. The fourth-order valence-electron chi connectivity index (χ4n) is 1.64. The van der Waals surface area contributed by atoms with E-state index in [1.165, 1.54) is 4.88 Å². The highest BCUT2D eigenvalue weighted by molar-refractivity contribution is 7.09. The number of ether oxygens (including phenoxy) is 3. The van der Waals surface area contributed by atoms with Crippen LogP contribution in [0.4, 0.5) is 0 Å². The minimum atomic E-state index is 0.486. The summed E-state index contributed by atoms with van der Waals surface area (Å²) in [5.41, 5.74) is 0. The van der Waals surface area contributed by atoms with Gasteiger partial charge in [-0.25, -0.2) is 0 Å². The molecule has 0 aliphatic rings. The number of nitrogens with one attached hydrogen (secondary N) is 1. The number of methoxy groups -OCH3 is 1. The normalized spacial score (nSPS) is 12.7. The summed E-state index contributed by atoms with van der Waals surface area (Å²) in [5.74, 6) is 0. The number of rotatable bonds is 12. The van der Waals surface area contributed by atoms with E-state index in [4.69, 9.17) is 14.2 Å². The van der Waals surface area contributed by atoms with Gasteiger partial charge in [0.05, 0.1) is 33.0 Å². The summed E-state index contributed by atoms with van der Waals surface area (Å²) < 4.78 is 15.7. The molecule has 0 bridgehead atoms. The Hall–Kier alpha value is -0.460. The molecule has 110 valence electrons. The molecular weight excluding hydrogens is 262 g/mol. The topological polar surface area (TPSA) is 39.7 Å². The minimum absolute atomic E-state index is 0.486. The van der Waals surface area contributed by atoms with Crippen LogP contribution < -0.4 is 5.32 Å². The Morgan fingerprint density at radius 1 is 1.16 bits per heavy atom. The van der Waals surface area contributed by atoms with Crippen molar-refractivity contribution >= 4 is 11.3 Å². The maximum atomic E-state index is 5.47. The Bertz CT molecular complexity index is 293. The van der Waals surface area contributed by atoms with Gasteiger partial charge in [-0.05, 0) is 24.8 Å². The summed E-state index contributed by atoms with van der Waals surface area (Å²) in [6.07, 6.45) is 1.08. The molecule has 0 saturated heterocycles. The molecule has 19 heavy (non-hydrogen) atoms. The van der Waals surface area contributed by atoms with Crippen molar-refractivity contribution in [1.82, 2.24) is 5.32 Å². The first-order valence-corrected chi connectivity index (χ1v) is 7.61. The Morgan fingerprint density at radius 2 is 1.89 bits per heavy atom. The highest BCUT2D eigenvalue weighted by Gasteiger charge is 2.02. The molecule has 1 atom stereocenters. The van der Waals surface area contributed by atoms with E-state index < -0.39 is 0 Å². The van der Waals surface area contributed by atoms with E-state index in [0.717, 1.165) is 19.6 Å². The number of hydrogen-bond donors (Lipinski definition) is 1. The smallest absolute Gasteiger partial charge is 0.0701 e. The van der Waals surface area contributed by atoms with Crippen molar-refractivity contribution in [1.29, 1.82) is 0 Å². The molecule has 0 aliphatic carbocycles. The predicted octanol–water partition coefficient (Wildman–Crippen LogP) is 1.95. The van der Waals surface area contributed by atoms with E-state index in [0.29, 0.717) is 32.5 Å². The molecule has 1 N–H and O–H groups in total. The maximum Gasteiger partial charge on any atom is 0.0701 e. The standard InChI is InChI=1S/C14H25NO3S/c1-13(12-14-4-3-11-19-14)15-5-6-17-9-10-18-8-7-16-2/h3-4,11,13,15H,5-10,12H2,1-2H3. The second-order valence-electron chi connectivity index (χ2n) is 4.36. The van der Waals surface area contributed by atoms with Gasteiger partial charge in [0.25, 0.3) is 0 Å². The molecule has 0 spiro atoms. The zero-order chi connectivity index (χ0) is 13.8. The SMILES string of the molecule is COCCOCCOCCNC(C)Cc1cccs1. The molecule has 0 amide bonds. The number of hydrogen-bond acceptors (Lipinski definition) is 5. The molecule has 1 aromatic rings. The monoisotopic (exact) mass is 287 g/mol. The van der Waals surface area contributed by atoms with Crippen molar-refractivity contribution in [2.75, 3.05) is 46.7 Å². The fourth-order valence-corrected chi connectivity index (χ4v) is 2.48. The van der Waals surface area contributed by atoms with Crippen molar-refractivity contribution in [2.45, 2.75) is 19.4 Å². The molecule has 0 aromatic carbocycles. The van der Waals surface area contributed by atoms with E-state index in [9.17, 15) is 0 Å². The van der Waals surface area contributed by atoms with Crippen LogP contribution in [0, 0.1) is 0 Å². The van der Waals surface area contributed by atoms with Crippen LogP contribution in [0.1, 0.15) is 11.8 Å².